The summed E-state index contributed by atoms with van der Waals surface area (Å²) in [5.41, 5.74) is 0. The second kappa shape index (κ2) is 4.66. The third-order valence-electron chi connectivity index (χ3n) is 5.17. The zero-order valence-electron chi connectivity index (χ0n) is 10.6. The smallest absolute Gasteiger partial charge is 0.0111 e. The minimum atomic E-state index is 0.830. The maximum Gasteiger partial charge on any atom is 0.0111 e. The van der Waals surface area contributed by atoms with E-state index in [1.54, 1.807) is 0 Å². The van der Waals surface area contributed by atoms with Crippen LogP contribution >= 0.6 is 0 Å². The zero-order valence-corrected chi connectivity index (χ0v) is 10.6. The van der Waals surface area contributed by atoms with Crippen molar-refractivity contribution in [2.75, 3.05) is 7.05 Å². The Balaban J connectivity index is 1.53. The Labute approximate surface area is 99.8 Å². The average Bonchev–Trinajstić information content (AvgIpc) is 2.54. The largest absolute Gasteiger partial charge is 0.311 e. The van der Waals surface area contributed by atoms with Gasteiger partial charge in [0.2, 0.25) is 0 Å². The van der Waals surface area contributed by atoms with Gasteiger partial charge in [0.1, 0.15) is 0 Å². The molecule has 3 rings (SSSR count). The maximum atomic E-state index is 3.95. The quantitative estimate of drug-likeness (QED) is 0.772. The summed E-state index contributed by atoms with van der Waals surface area (Å²) in [6, 6.07) is 3.46. The van der Waals surface area contributed by atoms with E-state index >= 15 is 0 Å². The molecule has 0 radical (unpaired) electrons. The van der Waals surface area contributed by atoms with Crippen LogP contribution in [0.1, 0.15) is 57.8 Å². The van der Waals surface area contributed by atoms with E-state index in [9.17, 15) is 0 Å². The number of nitrogens with one attached hydrogen (secondary N) is 1. The molecule has 2 nitrogen and oxygen atoms in total. The standard InChI is InChI=1S/C14H26N2/c1-16-13-7-8-14(16)10-12(9-13)15-11-5-3-2-4-6-11/h11-15H,2-10H2,1H3/t12?,13-,14+. The number of hydrogen-bond donors (Lipinski definition) is 1. The maximum absolute atomic E-state index is 3.95. The Kier molecular flexibility index (Phi) is 3.21. The Morgan fingerprint density at radius 3 is 2.06 bits per heavy atom. The van der Waals surface area contributed by atoms with Crippen molar-refractivity contribution in [1.82, 2.24) is 10.2 Å². The number of hydrogen-bond acceptors (Lipinski definition) is 2. The van der Waals surface area contributed by atoms with Crippen molar-refractivity contribution in [2.24, 2.45) is 0 Å². The monoisotopic (exact) mass is 222 g/mol. The van der Waals surface area contributed by atoms with Crippen molar-refractivity contribution in [3.8, 4) is 0 Å². The van der Waals surface area contributed by atoms with Gasteiger partial charge in [0.05, 0.1) is 0 Å². The topological polar surface area (TPSA) is 15.3 Å². The Morgan fingerprint density at radius 1 is 0.812 bits per heavy atom. The molecule has 1 N–H and O–H groups in total. The average molecular weight is 222 g/mol. The molecular weight excluding hydrogens is 196 g/mol. The van der Waals surface area contributed by atoms with Crippen molar-refractivity contribution < 1.29 is 0 Å². The molecule has 2 aliphatic heterocycles. The highest BCUT2D eigenvalue weighted by Crippen LogP contribution is 2.34. The summed E-state index contributed by atoms with van der Waals surface area (Å²) in [6.07, 6.45) is 13.0. The minimum absolute atomic E-state index is 0.830. The molecule has 2 saturated heterocycles. The first-order valence-corrected chi connectivity index (χ1v) is 7.31. The summed E-state index contributed by atoms with van der Waals surface area (Å²) in [6.45, 7) is 0. The van der Waals surface area contributed by atoms with Crippen LogP contribution in [0.15, 0.2) is 0 Å². The molecule has 16 heavy (non-hydrogen) atoms. The molecule has 1 saturated carbocycles. The third kappa shape index (κ3) is 2.14. The molecule has 1 aliphatic carbocycles. The van der Waals surface area contributed by atoms with Gasteiger partial charge in [-0.3, -0.25) is 0 Å². The van der Waals surface area contributed by atoms with Gasteiger partial charge in [0.15, 0.2) is 0 Å². The normalized spacial score (nSPS) is 41.4. The molecule has 92 valence electrons. The molecule has 0 amide bonds. The fourth-order valence-corrected chi connectivity index (χ4v) is 4.15. The summed E-state index contributed by atoms with van der Waals surface area (Å²) in [5.74, 6) is 0. The molecule has 3 atom stereocenters. The van der Waals surface area contributed by atoms with Crippen molar-refractivity contribution in [3.63, 3.8) is 0 Å². The van der Waals surface area contributed by atoms with Crippen LogP contribution in [0.25, 0.3) is 0 Å². The van der Waals surface area contributed by atoms with Crippen molar-refractivity contribution in [3.05, 3.63) is 0 Å². The van der Waals surface area contributed by atoms with E-state index in [0.29, 0.717) is 0 Å². The van der Waals surface area contributed by atoms with E-state index in [1.165, 1.54) is 57.8 Å². The van der Waals surface area contributed by atoms with Crippen LogP contribution in [-0.2, 0) is 0 Å². The summed E-state index contributed by atoms with van der Waals surface area (Å²) in [4.78, 5) is 2.64. The van der Waals surface area contributed by atoms with E-state index in [2.05, 4.69) is 17.3 Å². The zero-order chi connectivity index (χ0) is 11.0. The van der Waals surface area contributed by atoms with Crippen LogP contribution in [0.3, 0.4) is 0 Å². The first kappa shape index (κ1) is 11.0. The van der Waals surface area contributed by atoms with Gasteiger partial charge in [-0.25, -0.2) is 0 Å². The SMILES string of the molecule is CN1[C@@H]2CC[C@H]1CC(NC1CCCCC1)C2. The highest BCUT2D eigenvalue weighted by Gasteiger charge is 2.38. The molecule has 2 bridgehead atoms. The Hall–Kier alpha value is -0.0800. The second-order valence-corrected chi connectivity index (χ2v) is 6.22. The van der Waals surface area contributed by atoms with Gasteiger partial charge in [0.25, 0.3) is 0 Å². The summed E-state index contributed by atoms with van der Waals surface area (Å²) < 4.78 is 0. The molecule has 0 aromatic rings. The second-order valence-electron chi connectivity index (χ2n) is 6.22. The molecule has 0 spiro atoms. The van der Waals surface area contributed by atoms with Gasteiger partial charge < -0.3 is 10.2 Å². The number of nitrogens with zero attached hydrogens (tertiary/aromatic N) is 1. The molecule has 0 aromatic carbocycles. The first-order chi connectivity index (χ1) is 7.83. The molecular formula is C14H26N2. The first-order valence-electron chi connectivity index (χ1n) is 7.31. The molecule has 3 aliphatic rings. The molecule has 3 fully saturated rings. The lowest BCUT2D eigenvalue weighted by molar-refractivity contribution is 0.139. The lowest BCUT2D eigenvalue weighted by atomic mass is 9.92. The number of rotatable bonds is 2. The summed E-state index contributed by atoms with van der Waals surface area (Å²) in [7, 11) is 2.33. The van der Waals surface area contributed by atoms with Crippen molar-refractivity contribution in [2.45, 2.75) is 82.0 Å². The van der Waals surface area contributed by atoms with E-state index < -0.39 is 0 Å². The molecule has 2 heterocycles. The van der Waals surface area contributed by atoms with Crippen LogP contribution in [0, 0.1) is 0 Å². The Morgan fingerprint density at radius 2 is 1.44 bits per heavy atom. The highest BCUT2D eigenvalue weighted by molar-refractivity contribution is 4.96. The van der Waals surface area contributed by atoms with Crippen molar-refractivity contribution in [1.29, 1.82) is 0 Å². The third-order valence-corrected chi connectivity index (χ3v) is 5.17. The lowest BCUT2D eigenvalue weighted by Gasteiger charge is -2.39. The molecule has 1 unspecified atom stereocenters. The van der Waals surface area contributed by atoms with Gasteiger partial charge in [-0.15, -0.1) is 0 Å². The molecule has 0 aromatic heterocycles. The minimum Gasteiger partial charge on any atom is -0.311 e. The van der Waals surface area contributed by atoms with E-state index in [4.69, 9.17) is 0 Å². The Bertz CT molecular complexity index is 221. The lowest BCUT2D eigenvalue weighted by Crippen LogP contribution is -2.50. The van der Waals surface area contributed by atoms with Crippen molar-refractivity contribution >= 4 is 0 Å². The van der Waals surface area contributed by atoms with E-state index in [-0.39, 0.29) is 0 Å². The van der Waals surface area contributed by atoms with Gasteiger partial charge in [-0.05, 0) is 45.6 Å². The summed E-state index contributed by atoms with van der Waals surface area (Å²) in [5, 5.41) is 3.95. The highest BCUT2D eigenvalue weighted by atomic mass is 15.2. The number of fused-ring (bicyclic) bond motifs is 2. The predicted molar refractivity (Wildman–Crippen MR) is 67.6 cm³/mol. The van der Waals surface area contributed by atoms with Gasteiger partial charge in [-0.1, -0.05) is 19.3 Å². The summed E-state index contributed by atoms with van der Waals surface area (Å²) >= 11 is 0. The van der Waals surface area contributed by atoms with Crippen LogP contribution in [-0.4, -0.2) is 36.1 Å². The van der Waals surface area contributed by atoms with Crippen LogP contribution < -0.4 is 5.32 Å². The van der Waals surface area contributed by atoms with Crippen LogP contribution in [0.2, 0.25) is 0 Å². The van der Waals surface area contributed by atoms with E-state index in [1.807, 2.05) is 0 Å². The van der Waals surface area contributed by atoms with Crippen LogP contribution in [0.4, 0.5) is 0 Å². The van der Waals surface area contributed by atoms with Gasteiger partial charge >= 0.3 is 0 Å². The number of piperidine rings is 1. The molecule has 2 heteroatoms. The fourth-order valence-electron chi connectivity index (χ4n) is 4.15. The predicted octanol–water partition coefficient (Wildman–Crippen LogP) is 2.53. The van der Waals surface area contributed by atoms with Crippen LogP contribution in [0.5, 0.6) is 0 Å². The van der Waals surface area contributed by atoms with Gasteiger partial charge in [-0.2, -0.15) is 0 Å². The van der Waals surface area contributed by atoms with E-state index in [0.717, 1.165) is 24.2 Å². The van der Waals surface area contributed by atoms with Gasteiger partial charge in [0, 0.05) is 24.2 Å². The fraction of sp³-hybridized carbons (Fsp3) is 1.00.